The molecule has 7 nitrogen and oxygen atoms in total. The molecule has 4 rings (SSSR count). The van der Waals surface area contributed by atoms with E-state index < -0.39 is 0 Å². The molecule has 0 saturated carbocycles. The first-order chi connectivity index (χ1) is 15.4. The van der Waals surface area contributed by atoms with Crippen LogP contribution in [0.2, 0.25) is 5.02 Å². The van der Waals surface area contributed by atoms with Crippen molar-refractivity contribution in [2.24, 2.45) is 0 Å². The monoisotopic (exact) mass is 448 g/mol. The maximum absolute atomic E-state index is 12.7. The largest absolute Gasteiger partial charge is 0.487 e. The van der Waals surface area contributed by atoms with Gasteiger partial charge in [0.2, 0.25) is 0 Å². The van der Waals surface area contributed by atoms with Crippen molar-refractivity contribution in [1.82, 2.24) is 14.7 Å². The predicted molar refractivity (Wildman–Crippen MR) is 123 cm³/mol. The zero-order chi connectivity index (χ0) is 22.7. The zero-order valence-electron chi connectivity index (χ0n) is 17.6. The van der Waals surface area contributed by atoms with Gasteiger partial charge in [-0.05, 0) is 55.0 Å². The number of amides is 2. The molecule has 8 heteroatoms. The molecule has 0 radical (unpaired) electrons. The van der Waals surface area contributed by atoms with E-state index in [1.807, 2.05) is 35.9 Å². The second kappa shape index (κ2) is 9.11. The molecule has 0 bridgehead atoms. The summed E-state index contributed by atoms with van der Waals surface area (Å²) in [7, 11) is 1.52. The Balaban J connectivity index is 1.45. The molecule has 2 aromatic heterocycles. The highest BCUT2D eigenvalue weighted by molar-refractivity contribution is 6.34. The quantitative estimate of drug-likeness (QED) is 0.455. The molecule has 0 aliphatic rings. The number of aryl methyl sites for hydroxylation is 1. The van der Waals surface area contributed by atoms with Crippen LogP contribution in [0.5, 0.6) is 5.75 Å². The highest BCUT2D eigenvalue weighted by Crippen LogP contribution is 2.22. The number of pyridine rings is 1. The third-order valence-electron chi connectivity index (χ3n) is 4.83. The number of hydrogen-bond donors (Lipinski definition) is 2. The summed E-state index contributed by atoms with van der Waals surface area (Å²) in [6.07, 6.45) is 3.92. The van der Waals surface area contributed by atoms with E-state index in [0.717, 1.165) is 16.9 Å². The molecule has 0 unspecified atom stereocenters. The fraction of sp³-hybridized carbons (Fsp3) is 0.125. The van der Waals surface area contributed by atoms with E-state index in [1.54, 1.807) is 36.4 Å². The standard InChI is InChI=1S/C24H21ClN4O3/c1-15-6-9-22-27-18(13-29(22)12-15)14-32-19-5-3-4-16(10-19)23(30)28-17-7-8-21(25)20(11-17)24(31)26-2/h3-13H,14H2,1-2H3,(H,26,31)(H,28,30). The Bertz CT molecular complexity index is 1320. The minimum Gasteiger partial charge on any atom is -0.487 e. The Labute approximate surface area is 190 Å². The van der Waals surface area contributed by atoms with Gasteiger partial charge in [-0.3, -0.25) is 9.59 Å². The topological polar surface area (TPSA) is 84.7 Å². The lowest BCUT2D eigenvalue weighted by atomic mass is 10.1. The van der Waals surface area contributed by atoms with Crippen LogP contribution >= 0.6 is 11.6 Å². The highest BCUT2D eigenvalue weighted by atomic mass is 35.5. The molecule has 0 atom stereocenters. The SMILES string of the molecule is CNC(=O)c1cc(NC(=O)c2cccc(OCc3cn4cc(C)ccc4n3)c2)ccc1Cl. The summed E-state index contributed by atoms with van der Waals surface area (Å²) in [6.45, 7) is 2.30. The summed E-state index contributed by atoms with van der Waals surface area (Å²) in [5.74, 6) is -0.111. The van der Waals surface area contributed by atoms with Gasteiger partial charge < -0.3 is 19.8 Å². The molecular formula is C24H21ClN4O3. The van der Waals surface area contributed by atoms with Crippen molar-refractivity contribution >= 4 is 34.7 Å². The molecule has 32 heavy (non-hydrogen) atoms. The van der Waals surface area contributed by atoms with Gasteiger partial charge in [-0.1, -0.05) is 23.7 Å². The van der Waals surface area contributed by atoms with Crippen LogP contribution in [0.4, 0.5) is 5.69 Å². The summed E-state index contributed by atoms with van der Waals surface area (Å²) in [5.41, 5.74) is 3.94. The van der Waals surface area contributed by atoms with Crippen LogP contribution in [0.25, 0.3) is 5.65 Å². The van der Waals surface area contributed by atoms with Crippen molar-refractivity contribution in [3.63, 3.8) is 0 Å². The number of halogens is 1. The average Bonchev–Trinajstić information content (AvgIpc) is 3.20. The van der Waals surface area contributed by atoms with Crippen molar-refractivity contribution in [3.05, 3.63) is 94.4 Å². The number of hydrogen-bond acceptors (Lipinski definition) is 4. The number of carbonyl (C=O) groups is 2. The summed E-state index contributed by atoms with van der Waals surface area (Å²) in [6, 6.07) is 15.6. The van der Waals surface area contributed by atoms with Crippen molar-refractivity contribution in [2.45, 2.75) is 13.5 Å². The third kappa shape index (κ3) is 4.73. The fourth-order valence-corrected chi connectivity index (χ4v) is 3.43. The number of ether oxygens (including phenoxy) is 1. The highest BCUT2D eigenvalue weighted by Gasteiger charge is 2.13. The van der Waals surface area contributed by atoms with Crippen LogP contribution in [-0.2, 0) is 6.61 Å². The van der Waals surface area contributed by atoms with Gasteiger partial charge in [0.05, 0.1) is 16.3 Å². The Morgan fingerprint density at radius 3 is 2.72 bits per heavy atom. The van der Waals surface area contributed by atoms with Crippen LogP contribution in [-0.4, -0.2) is 28.2 Å². The molecule has 4 aromatic rings. The predicted octanol–water partition coefficient (Wildman–Crippen LogP) is 4.49. The summed E-state index contributed by atoms with van der Waals surface area (Å²) in [5, 5.41) is 5.61. The van der Waals surface area contributed by atoms with Gasteiger partial charge in [0.25, 0.3) is 11.8 Å². The molecule has 2 heterocycles. The first kappa shape index (κ1) is 21.4. The first-order valence-corrected chi connectivity index (χ1v) is 10.3. The normalized spacial score (nSPS) is 10.7. The lowest BCUT2D eigenvalue weighted by molar-refractivity contribution is 0.0961. The van der Waals surface area contributed by atoms with E-state index in [9.17, 15) is 9.59 Å². The lowest BCUT2D eigenvalue weighted by Gasteiger charge is -2.10. The number of anilines is 1. The summed E-state index contributed by atoms with van der Waals surface area (Å²) < 4.78 is 7.80. The minimum absolute atomic E-state index is 0.276. The van der Waals surface area contributed by atoms with Gasteiger partial charge in [0, 0.05) is 30.7 Å². The number of imidazole rings is 1. The van der Waals surface area contributed by atoms with Gasteiger partial charge in [-0.15, -0.1) is 0 Å². The lowest BCUT2D eigenvalue weighted by Crippen LogP contribution is -2.19. The molecule has 0 spiro atoms. The van der Waals surface area contributed by atoms with Gasteiger partial charge in [0.15, 0.2) is 0 Å². The van der Waals surface area contributed by atoms with Gasteiger partial charge in [-0.25, -0.2) is 4.98 Å². The smallest absolute Gasteiger partial charge is 0.255 e. The Morgan fingerprint density at radius 1 is 1.06 bits per heavy atom. The zero-order valence-corrected chi connectivity index (χ0v) is 18.3. The van der Waals surface area contributed by atoms with Crippen molar-refractivity contribution < 1.29 is 14.3 Å². The van der Waals surface area contributed by atoms with Gasteiger partial charge in [0.1, 0.15) is 18.0 Å². The molecule has 0 fully saturated rings. The van der Waals surface area contributed by atoms with E-state index >= 15 is 0 Å². The van der Waals surface area contributed by atoms with Crippen LogP contribution < -0.4 is 15.4 Å². The van der Waals surface area contributed by atoms with Crippen LogP contribution in [0.15, 0.2) is 67.0 Å². The van der Waals surface area contributed by atoms with E-state index in [4.69, 9.17) is 16.3 Å². The molecule has 0 aliphatic carbocycles. The molecule has 0 saturated heterocycles. The Hall–Kier alpha value is -3.84. The number of aromatic nitrogens is 2. The molecule has 2 amide bonds. The first-order valence-electron chi connectivity index (χ1n) is 9.93. The molecule has 0 aliphatic heterocycles. The van der Waals surface area contributed by atoms with E-state index in [-0.39, 0.29) is 24.0 Å². The van der Waals surface area contributed by atoms with Crippen LogP contribution in [0, 0.1) is 6.92 Å². The van der Waals surface area contributed by atoms with Crippen LogP contribution in [0.1, 0.15) is 32.0 Å². The summed E-state index contributed by atoms with van der Waals surface area (Å²) in [4.78, 5) is 29.2. The number of benzene rings is 2. The fourth-order valence-electron chi connectivity index (χ4n) is 3.22. The van der Waals surface area contributed by atoms with Gasteiger partial charge >= 0.3 is 0 Å². The second-order valence-corrected chi connectivity index (χ2v) is 7.66. The van der Waals surface area contributed by atoms with E-state index in [0.29, 0.717) is 22.0 Å². The van der Waals surface area contributed by atoms with Gasteiger partial charge in [-0.2, -0.15) is 0 Å². The van der Waals surface area contributed by atoms with Crippen molar-refractivity contribution in [1.29, 1.82) is 0 Å². The molecule has 2 N–H and O–H groups in total. The van der Waals surface area contributed by atoms with E-state index in [1.165, 1.54) is 13.1 Å². The third-order valence-corrected chi connectivity index (χ3v) is 5.16. The number of fused-ring (bicyclic) bond motifs is 1. The minimum atomic E-state index is -0.330. The second-order valence-electron chi connectivity index (χ2n) is 7.25. The Morgan fingerprint density at radius 2 is 1.91 bits per heavy atom. The van der Waals surface area contributed by atoms with E-state index in [2.05, 4.69) is 15.6 Å². The van der Waals surface area contributed by atoms with Crippen LogP contribution in [0.3, 0.4) is 0 Å². The molecular weight excluding hydrogens is 428 g/mol. The average molecular weight is 449 g/mol. The maximum Gasteiger partial charge on any atom is 0.255 e. The molecule has 162 valence electrons. The number of carbonyl (C=O) groups excluding carboxylic acids is 2. The number of nitrogens with zero attached hydrogens (tertiary/aromatic N) is 2. The van der Waals surface area contributed by atoms with Crippen molar-refractivity contribution in [2.75, 3.05) is 12.4 Å². The van der Waals surface area contributed by atoms with Crippen molar-refractivity contribution in [3.8, 4) is 5.75 Å². The Kier molecular flexibility index (Phi) is 6.09. The maximum atomic E-state index is 12.7. The number of nitrogens with one attached hydrogen (secondary N) is 2. The summed E-state index contributed by atoms with van der Waals surface area (Å²) >= 11 is 6.07. The molecule has 2 aromatic carbocycles. The number of rotatable bonds is 6.